The standard InChI is InChI=1S/C14H21N7O2.2ClH/c1-19-12-10(7-18-19)13(17-9-16-12)20-3-5-21(6-4-20)14(22)11(15)8-23-2;;/h7,9,11H,3-6,8,15H2,1-2H3;2*1H. The Balaban J connectivity index is 0.00000156. The molecule has 3 rings (SSSR count). The first-order chi connectivity index (χ1) is 11.1. The van der Waals surface area contributed by atoms with E-state index < -0.39 is 6.04 Å². The van der Waals surface area contributed by atoms with Crippen molar-refractivity contribution < 1.29 is 9.53 Å². The maximum absolute atomic E-state index is 12.2. The number of aromatic nitrogens is 4. The van der Waals surface area contributed by atoms with Gasteiger partial charge >= 0.3 is 0 Å². The number of nitrogens with zero attached hydrogens (tertiary/aromatic N) is 6. The highest BCUT2D eigenvalue weighted by Crippen LogP contribution is 2.23. The van der Waals surface area contributed by atoms with Crippen molar-refractivity contribution in [2.45, 2.75) is 6.04 Å². The molecule has 0 aliphatic carbocycles. The molecule has 1 aliphatic rings. The van der Waals surface area contributed by atoms with Crippen molar-refractivity contribution in [3.8, 4) is 0 Å². The van der Waals surface area contributed by atoms with Gasteiger partial charge in [0.25, 0.3) is 0 Å². The van der Waals surface area contributed by atoms with Gasteiger partial charge in [0, 0.05) is 40.3 Å². The van der Waals surface area contributed by atoms with Gasteiger partial charge in [-0.2, -0.15) is 5.10 Å². The summed E-state index contributed by atoms with van der Waals surface area (Å²) in [5.41, 5.74) is 6.62. The second kappa shape index (κ2) is 9.14. The number of piperazine rings is 1. The quantitative estimate of drug-likeness (QED) is 0.771. The van der Waals surface area contributed by atoms with E-state index >= 15 is 0 Å². The van der Waals surface area contributed by atoms with E-state index in [1.54, 1.807) is 29.2 Å². The van der Waals surface area contributed by atoms with Gasteiger partial charge in [0.2, 0.25) is 5.91 Å². The lowest BCUT2D eigenvalue weighted by Gasteiger charge is -2.36. The molecule has 1 atom stereocenters. The Bertz CT molecular complexity index is 704. The van der Waals surface area contributed by atoms with E-state index in [9.17, 15) is 4.79 Å². The third-order valence-corrected chi connectivity index (χ3v) is 4.06. The lowest BCUT2D eigenvalue weighted by molar-refractivity contribution is -0.134. The van der Waals surface area contributed by atoms with Crippen molar-refractivity contribution in [3.63, 3.8) is 0 Å². The summed E-state index contributed by atoms with van der Waals surface area (Å²) in [7, 11) is 3.40. The fourth-order valence-corrected chi connectivity index (χ4v) is 2.83. The third kappa shape index (κ3) is 4.30. The van der Waals surface area contributed by atoms with Gasteiger partial charge in [0.05, 0.1) is 18.2 Å². The number of fused-ring (bicyclic) bond motifs is 1. The van der Waals surface area contributed by atoms with Crippen LogP contribution in [0.15, 0.2) is 12.5 Å². The number of rotatable bonds is 4. The van der Waals surface area contributed by atoms with Crippen molar-refractivity contribution in [1.29, 1.82) is 0 Å². The topological polar surface area (TPSA) is 102 Å². The van der Waals surface area contributed by atoms with Crippen LogP contribution >= 0.6 is 24.8 Å². The van der Waals surface area contributed by atoms with Crippen LogP contribution in [0.1, 0.15) is 0 Å². The van der Waals surface area contributed by atoms with E-state index in [0.717, 1.165) is 16.9 Å². The fourth-order valence-electron chi connectivity index (χ4n) is 2.83. The van der Waals surface area contributed by atoms with Gasteiger partial charge in [-0.15, -0.1) is 24.8 Å². The molecular formula is C14H23Cl2N7O2. The molecule has 1 fully saturated rings. The first-order valence-electron chi connectivity index (χ1n) is 7.52. The third-order valence-electron chi connectivity index (χ3n) is 4.06. The second-order valence-corrected chi connectivity index (χ2v) is 5.58. The van der Waals surface area contributed by atoms with Crippen molar-refractivity contribution in [3.05, 3.63) is 12.5 Å². The Hall–Kier alpha value is -1.68. The molecule has 0 saturated carbocycles. The van der Waals surface area contributed by atoms with Gasteiger partial charge in [-0.3, -0.25) is 9.48 Å². The average Bonchev–Trinajstić information content (AvgIpc) is 2.96. The number of anilines is 1. The summed E-state index contributed by atoms with van der Waals surface area (Å²) < 4.78 is 6.67. The van der Waals surface area contributed by atoms with Gasteiger partial charge in [0.1, 0.15) is 18.2 Å². The molecule has 9 nitrogen and oxygen atoms in total. The molecule has 0 spiro atoms. The first-order valence-corrected chi connectivity index (χ1v) is 7.52. The van der Waals surface area contributed by atoms with Gasteiger partial charge in [-0.25, -0.2) is 9.97 Å². The van der Waals surface area contributed by atoms with Gasteiger partial charge < -0.3 is 20.3 Å². The van der Waals surface area contributed by atoms with Crippen molar-refractivity contribution in [1.82, 2.24) is 24.6 Å². The number of aryl methyl sites for hydroxylation is 1. The maximum atomic E-state index is 12.2. The predicted octanol–water partition coefficient (Wildman–Crippen LogP) is -0.171. The summed E-state index contributed by atoms with van der Waals surface area (Å²) >= 11 is 0. The molecule has 25 heavy (non-hydrogen) atoms. The summed E-state index contributed by atoms with van der Waals surface area (Å²) in [5, 5.41) is 5.15. The number of amides is 1. The van der Waals surface area contributed by atoms with Gasteiger partial charge in [-0.1, -0.05) is 0 Å². The summed E-state index contributed by atoms with van der Waals surface area (Å²) in [6, 6.07) is -0.601. The van der Waals surface area contributed by atoms with Crippen LogP contribution < -0.4 is 10.6 Å². The minimum absolute atomic E-state index is 0. The molecule has 1 aliphatic heterocycles. The first kappa shape index (κ1) is 21.4. The largest absolute Gasteiger partial charge is 0.383 e. The molecule has 140 valence electrons. The fraction of sp³-hybridized carbons (Fsp3) is 0.571. The Morgan fingerprint density at radius 3 is 2.60 bits per heavy atom. The molecular weight excluding hydrogens is 369 g/mol. The highest BCUT2D eigenvalue weighted by Gasteiger charge is 2.26. The van der Waals surface area contributed by atoms with E-state index in [0.29, 0.717) is 26.2 Å². The van der Waals surface area contributed by atoms with Gasteiger partial charge in [-0.05, 0) is 0 Å². The van der Waals surface area contributed by atoms with Crippen molar-refractivity contribution in [2.24, 2.45) is 12.8 Å². The van der Waals surface area contributed by atoms with Crippen LogP contribution in [-0.2, 0) is 16.6 Å². The zero-order valence-corrected chi connectivity index (χ0v) is 15.8. The summed E-state index contributed by atoms with van der Waals surface area (Å²) in [4.78, 5) is 24.8. The SMILES string of the molecule is COCC(N)C(=O)N1CCN(c2ncnc3c2cnn3C)CC1.Cl.Cl. The predicted molar refractivity (Wildman–Crippen MR) is 99.4 cm³/mol. The minimum atomic E-state index is -0.601. The van der Waals surface area contributed by atoms with E-state index in [4.69, 9.17) is 10.5 Å². The number of halogens is 2. The Morgan fingerprint density at radius 2 is 1.96 bits per heavy atom. The molecule has 3 heterocycles. The molecule has 0 aromatic carbocycles. The number of nitrogens with two attached hydrogens (primary N) is 1. The molecule has 2 aromatic rings. The van der Waals surface area contributed by atoms with Crippen LogP contribution in [-0.4, -0.2) is 76.5 Å². The molecule has 1 unspecified atom stereocenters. The molecule has 0 bridgehead atoms. The molecule has 0 radical (unpaired) electrons. The lowest BCUT2D eigenvalue weighted by Crippen LogP contribution is -2.54. The summed E-state index contributed by atoms with van der Waals surface area (Å²) in [6.45, 7) is 2.87. The Morgan fingerprint density at radius 1 is 1.28 bits per heavy atom. The van der Waals surface area contributed by atoms with Crippen LogP contribution in [0.25, 0.3) is 11.0 Å². The van der Waals surface area contributed by atoms with Crippen LogP contribution in [0.4, 0.5) is 5.82 Å². The highest BCUT2D eigenvalue weighted by molar-refractivity contribution is 5.87. The molecule has 2 N–H and O–H groups in total. The normalized spacial score (nSPS) is 15.5. The lowest BCUT2D eigenvalue weighted by atomic mass is 10.2. The van der Waals surface area contributed by atoms with Gasteiger partial charge in [0.15, 0.2) is 5.65 Å². The van der Waals surface area contributed by atoms with E-state index in [-0.39, 0.29) is 37.3 Å². The number of methoxy groups -OCH3 is 1. The molecule has 2 aromatic heterocycles. The molecule has 1 saturated heterocycles. The zero-order valence-electron chi connectivity index (χ0n) is 14.2. The Kier molecular flexibility index (Phi) is 7.81. The van der Waals surface area contributed by atoms with E-state index in [1.807, 2.05) is 7.05 Å². The number of carbonyl (C=O) groups is 1. The number of carbonyl (C=O) groups excluding carboxylic acids is 1. The highest BCUT2D eigenvalue weighted by atomic mass is 35.5. The summed E-state index contributed by atoms with van der Waals surface area (Å²) in [6.07, 6.45) is 3.32. The number of hydrogen-bond acceptors (Lipinski definition) is 7. The summed E-state index contributed by atoms with van der Waals surface area (Å²) in [5.74, 6) is 0.789. The van der Waals surface area contributed by atoms with Crippen LogP contribution in [0, 0.1) is 0 Å². The van der Waals surface area contributed by atoms with Crippen LogP contribution in [0.3, 0.4) is 0 Å². The van der Waals surface area contributed by atoms with Crippen LogP contribution in [0.2, 0.25) is 0 Å². The monoisotopic (exact) mass is 391 g/mol. The van der Waals surface area contributed by atoms with Crippen molar-refractivity contribution >= 4 is 47.6 Å². The Labute approximate surface area is 158 Å². The number of hydrogen-bond donors (Lipinski definition) is 1. The second-order valence-electron chi connectivity index (χ2n) is 5.58. The molecule has 1 amide bonds. The van der Waals surface area contributed by atoms with E-state index in [1.165, 1.54) is 0 Å². The smallest absolute Gasteiger partial charge is 0.241 e. The van der Waals surface area contributed by atoms with Crippen LogP contribution in [0.5, 0.6) is 0 Å². The number of ether oxygens (including phenoxy) is 1. The molecule has 11 heteroatoms. The van der Waals surface area contributed by atoms with E-state index in [2.05, 4.69) is 20.0 Å². The average molecular weight is 392 g/mol. The maximum Gasteiger partial charge on any atom is 0.241 e. The zero-order chi connectivity index (χ0) is 16.4. The minimum Gasteiger partial charge on any atom is -0.383 e. The van der Waals surface area contributed by atoms with Crippen molar-refractivity contribution in [2.75, 3.05) is 44.8 Å².